The first kappa shape index (κ1) is 14.2. The maximum absolute atomic E-state index is 5.97. The molecule has 0 saturated carbocycles. The molecule has 0 fully saturated rings. The number of hydrogen-bond acceptors (Lipinski definition) is 2. The van der Waals surface area contributed by atoms with Gasteiger partial charge in [0.2, 0.25) is 0 Å². The van der Waals surface area contributed by atoms with E-state index < -0.39 is 0 Å². The van der Waals surface area contributed by atoms with Gasteiger partial charge in [-0.05, 0) is 54.3 Å². The van der Waals surface area contributed by atoms with Crippen molar-refractivity contribution in [1.29, 1.82) is 0 Å². The van der Waals surface area contributed by atoms with E-state index in [1.54, 1.807) is 6.08 Å². The summed E-state index contributed by atoms with van der Waals surface area (Å²) in [6.45, 7) is 7.87. The summed E-state index contributed by atoms with van der Waals surface area (Å²) in [6, 6.07) is 6.13. The van der Waals surface area contributed by atoms with Crippen LogP contribution in [0.5, 0.6) is 0 Å². The number of nitrogens with two attached hydrogens (primary N) is 1. The predicted octanol–water partition coefficient (Wildman–Crippen LogP) is 4.61. The Kier molecular flexibility index (Phi) is 4.46. The Balaban J connectivity index is 2.35. The van der Waals surface area contributed by atoms with Crippen LogP contribution in [0, 0.1) is 0 Å². The van der Waals surface area contributed by atoms with Gasteiger partial charge >= 0.3 is 0 Å². The summed E-state index contributed by atoms with van der Waals surface area (Å²) in [5.74, 6) is 1.92. The molecule has 0 radical (unpaired) electrons. The molecule has 0 aromatic heterocycles. The summed E-state index contributed by atoms with van der Waals surface area (Å²) in [5, 5.41) is 0. The Morgan fingerprint density at radius 1 is 1.45 bits per heavy atom. The normalized spacial score (nSPS) is 17.0. The highest BCUT2D eigenvalue weighted by Crippen LogP contribution is 2.27. The summed E-state index contributed by atoms with van der Waals surface area (Å²) in [4.78, 5) is 0. The van der Waals surface area contributed by atoms with Crippen molar-refractivity contribution < 1.29 is 4.74 Å². The van der Waals surface area contributed by atoms with Crippen LogP contribution in [0.4, 0.5) is 5.69 Å². The van der Waals surface area contributed by atoms with Gasteiger partial charge in [0.15, 0.2) is 0 Å². The van der Waals surface area contributed by atoms with Gasteiger partial charge < -0.3 is 10.5 Å². The van der Waals surface area contributed by atoms with Gasteiger partial charge in [0.1, 0.15) is 5.76 Å². The summed E-state index contributed by atoms with van der Waals surface area (Å²) >= 11 is 0. The van der Waals surface area contributed by atoms with Crippen LogP contribution in [0.1, 0.15) is 31.4 Å². The number of ether oxygens (including phenoxy) is 1. The van der Waals surface area contributed by atoms with Crippen molar-refractivity contribution in [2.24, 2.45) is 0 Å². The van der Waals surface area contributed by atoms with Crippen molar-refractivity contribution in [2.45, 2.75) is 26.7 Å². The Morgan fingerprint density at radius 3 is 2.85 bits per heavy atom. The number of anilines is 1. The molecule has 2 rings (SSSR count). The standard InChI is InChI=1S/C18H21NO/c1-4-6-15(12-17-9-7-13(3)20-17)16-8-10-18(19)14(5-2)11-16/h4,6-8,10-12H,1,5,9,19H2,2-3H3/b15-6+,17-12+. The second kappa shape index (κ2) is 6.29. The van der Waals surface area contributed by atoms with E-state index in [9.17, 15) is 0 Å². The molecule has 104 valence electrons. The molecule has 2 nitrogen and oxygen atoms in total. The minimum Gasteiger partial charge on any atom is -0.466 e. The summed E-state index contributed by atoms with van der Waals surface area (Å²) in [7, 11) is 0. The third-order valence-electron chi connectivity index (χ3n) is 3.35. The van der Waals surface area contributed by atoms with Gasteiger partial charge in [-0.3, -0.25) is 0 Å². The minimum atomic E-state index is 0.843. The molecule has 1 aromatic carbocycles. The van der Waals surface area contributed by atoms with E-state index in [0.717, 1.165) is 46.7 Å². The molecule has 0 bridgehead atoms. The first-order valence-electron chi connectivity index (χ1n) is 6.90. The van der Waals surface area contributed by atoms with E-state index in [2.05, 4.69) is 31.7 Å². The summed E-state index contributed by atoms with van der Waals surface area (Å²) in [6.07, 6.45) is 9.71. The molecule has 0 spiro atoms. The fourth-order valence-electron chi connectivity index (χ4n) is 2.24. The Bertz CT molecular complexity index is 606. The smallest absolute Gasteiger partial charge is 0.108 e. The average Bonchev–Trinajstić information content (AvgIpc) is 2.84. The van der Waals surface area contributed by atoms with Crippen LogP contribution in [0.2, 0.25) is 0 Å². The lowest BCUT2D eigenvalue weighted by atomic mass is 9.99. The molecule has 0 aliphatic carbocycles. The van der Waals surface area contributed by atoms with E-state index in [1.165, 1.54) is 0 Å². The SMILES string of the molecule is C=C/C=C(\C=C1/CC=C(C)O1)c1ccc(N)c(CC)c1. The van der Waals surface area contributed by atoms with Gasteiger partial charge in [-0.2, -0.15) is 0 Å². The molecule has 1 aromatic rings. The minimum absolute atomic E-state index is 0.843. The molecule has 0 saturated heterocycles. The largest absolute Gasteiger partial charge is 0.466 e. The Labute approximate surface area is 120 Å². The van der Waals surface area contributed by atoms with Crippen LogP contribution in [0.3, 0.4) is 0 Å². The van der Waals surface area contributed by atoms with Crippen molar-refractivity contribution in [3.63, 3.8) is 0 Å². The highest BCUT2D eigenvalue weighted by molar-refractivity contribution is 5.77. The van der Waals surface area contributed by atoms with Crippen LogP contribution in [0.15, 0.2) is 60.6 Å². The number of hydrogen-bond donors (Lipinski definition) is 1. The molecule has 1 aliphatic rings. The maximum atomic E-state index is 5.97. The fourth-order valence-corrected chi connectivity index (χ4v) is 2.24. The van der Waals surface area contributed by atoms with E-state index >= 15 is 0 Å². The van der Waals surface area contributed by atoms with E-state index in [-0.39, 0.29) is 0 Å². The number of benzene rings is 1. The first-order valence-corrected chi connectivity index (χ1v) is 6.90. The number of allylic oxidation sites excluding steroid dienone is 6. The maximum Gasteiger partial charge on any atom is 0.108 e. The van der Waals surface area contributed by atoms with Gasteiger partial charge in [0, 0.05) is 12.1 Å². The quantitative estimate of drug-likeness (QED) is 0.638. The molecule has 0 amide bonds. The number of aryl methyl sites for hydroxylation is 1. The lowest BCUT2D eigenvalue weighted by Crippen LogP contribution is -1.94. The molecule has 2 heteroatoms. The van der Waals surface area contributed by atoms with Gasteiger partial charge in [-0.15, -0.1) is 0 Å². The fraction of sp³-hybridized carbons (Fsp3) is 0.222. The lowest BCUT2D eigenvalue weighted by molar-refractivity contribution is 0.326. The van der Waals surface area contributed by atoms with Gasteiger partial charge in [0.25, 0.3) is 0 Å². The Morgan fingerprint density at radius 2 is 2.25 bits per heavy atom. The van der Waals surface area contributed by atoms with Gasteiger partial charge in [0.05, 0.1) is 5.76 Å². The monoisotopic (exact) mass is 267 g/mol. The zero-order chi connectivity index (χ0) is 14.5. The van der Waals surface area contributed by atoms with E-state index in [0.29, 0.717) is 0 Å². The van der Waals surface area contributed by atoms with Crippen LogP contribution in [-0.4, -0.2) is 0 Å². The van der Waals surface area contributed by atoms with Crippen LogP contribution < -0.4 is 5.73 Å². The van der Waals surface area contributed by atoms with Crippen molar-refractivity contribution in [1.82, 2.24) is 0 Å². The van der Waals surface area contributed by atoms with Crippen LogP contribution in [-0.2, 0) is 11.2 Å². The zero-order valence-electron chi connectivity index (χ0n) is 12.1. The van der Waals surface area contributed by atoms with Crippen molar-refractivity contribution in [2.75, 3.05) is 5.73 Å². The molecular weight excluding hydrogens is 246 g/mol. The lowest BCUT2D eigenvalue weighted by Gasteiger charge is -2.09. The third kappa shape index (κ3) is 3.21. The molecule has 0 atom stereocenters. The van der Waals surface area contributed by atoms with Gasteiger partial charge in [-0.25, -0.2) is 0 Å². The van der Waals surface area contributed by atoms with Crippen molar-refractivity contribution in [3.05, 3.63) is 71.7 Å². The molecule has 20 heavy (non-hydrogen) atoms. The van der Waals surface area contributed by atoms with Crippen molar-refractivity contribution in [3.8, 4) is 0 Å². The topological polar surface area (TPSA) is 35.2 Å². The molecule has 1 heterocycles. The molecule has 2 N–H and O–H groups in total. The highest BCUT2D eigenvalue weighted by Gasteiger charge is 2.09. The second-order valence-electron chi connectivity index (χ2n) is 4.86. The van der Waals surface area contributed by atoms with Crippen LogP contribution >= 0.6 is 0 Å². The van der Waals surface area contributed by atoms with Crippen molar-refractivity contribution >= 4 is 11.3 Å². The van der Waals surface area contributed by atoms with Gasteiger partial charge in [-0.1, -0.05) is 31.7 Å². The predicted molar refractivity (Wildman–Crippen MR) is 85.9 cm³/mol. The average molecular weight is 267 g/mol. The zero-order valence-corrected chi connectivity index (χ0v) is 12.1. The van der Waals surface area contributed by atoms with Crippen LogP contribution in [0.25, 0.3) is 5.57 Å². The first-order chi connectivity index (χ1) is 9.63. The summed E-state index contributed by atoms with van der Waals surface area (Å²) < 4.78 is 5.66. The molecule has 1 aliphatic heterocycles. The second-order valence-corrected chi connectivity index (χ2v) is 4.86. The van der Waals surface area contributed by atoms with E-state index in [1.807, 2.05) is 25.1 Å². The third-order valence-corrected chi connectivity index (χ3v) is 3.35. The number of nitrogen functional groups attached to an aromatic ring is 1. The number of rotatable bonds is 4. The highest BCUT2D eigenvalue weighted by atomic mass is 16.5. The molecule has 0 unspecified atom stereocenters. The summed E-state index contributed by atoms with van der Waals surface area (Å²) in [5.41, 5.74) is 10.2. The van der Waals surface area contributed by atoms with E-state index in [4.69, 9.17) is 10.5 Å². The molecular formula is C18H21NO. The Hall–Kier alpha value is -2.22.